The third-order valence-electron chi connectivity index (χ3n) is 5.01. The van der Waals surface area contributed by atoms with E-state index in [1.165, 1.54) is 42.5 Å². The van der Waals surface area contributed by atoms with Crippen LogP contribution >= 0.6 is 15.9 Å². The Morgan fingerprint density at radius 2 is 1.78 bits per heavy atom. The van der Waals surface area contributed by atoms with E-state index in [-0.39, 0.29) is 0 Å². The molecule has 2 aliphatic rings. The molecule has 23 heavy (non-hydrogen) atoms. The Balaban J connectivity index is 1.43. The molecule has 0 aliphatic carbocycles. The van der Waals surface area contributed by atoms with E-state index in [0.717, 1.165) is 25.6 Å². The van der Waals surface area contributed by atoms with Gasteiger partial charge in [0, 0.05) is 30.7 Å². The Morgan fingerprint density at radius 3 is 2.43 bits per heavy atom. The van der Waals surface area contributed by atoms with Gasteiger partial charge in [0.25, 0.3) is 0 Å². The fourth-order valence-electron chi connectivity index (χ4n) is 4.02. The lowest BCUT2D eigenvalue weighted by Gasteiger charge is -2.39. The SMILES string of the molecule is CC1CN(CC2CCN(Cc3cccc(Br)c3)CC2)CC(C)O1. The zero-order valence-electron chi connectivity index (χ0n) is 14.4. The molecule has 4 heteroatoms. The molecule has 2 heterocycles. The van der Waals surface area contributed by atoms with Gasteiger partial charge in [0.2, 0.25) is 0 Å². The molecule has 2 fully saturated rings. The van der Waals surface area contributed by atoms with Crippen LogP contribution in [0.3, 0.4) is 0 Å². The molecule has 0 radical (unpaired) electrons. The minimum Gasteiger partial charge on any atom is -0.373 e. The van der Waals surface area contributed by atoms with E-state index in [1.54, 1.807) is 0 Å². The first-order chi connectivity index (χ1) is 11.1. The highest BCUT2D eigenvalue weighted by molar-refractivity contribution is 9.10. The highest BCUT2D eigenvalue weighted by Crippen LogP contribution is 2.22. The molecule has 0 aromatic heterocycles. The van der Waals surface area contributed by atoms with Crippen molar-refractivity contribution in [3.63, 3.8) is 0 Å². The van der Waals surface area contributed by atoms with E-state index < -0.39 is 0 Å². The summed E-state index contributed by atoms with van der Waals surface area (Å²) < 4.78 is 7.03. The van der Waals surface area contributed by atoms with Gasteiger partial charge in [-0.25, -0.2) is 0 Å². The van der Waals surface area contributed by atoms with Crippen LogP contribution in [0.25, 0.3) is 0 Å². The number of benzene rings is 1. The summed E-state index contributed by atoms with van der Waals surface area (Å²) in [5, 5.41) is 0. The van der Waals surface area contributed by atoms with Crippen molar-refractivity contribution in [3.8, 4) is 0 Å². The third-order valence-corrected chi connectivity index (χ3v) is 5.51. The predicted octanol–water partition coefficient (Wildman–Crippen LogP) is 3.77. The lowest BCUT2D eigenvalue weighted by molar-refractivity contribution is -0.0732. The molecule has 0 N–H and O–H groups in total. The molecule has 0 spiro atoms. The monoisotopic (exact) mass is 380 g/mol. The van der Waals surface area contributed by atoms with Crippen molar-refractivity contribution < 1.29 is 4.74 Å². The smallest absolute Gasteiger partial charge is 0.0678 e. The quantitative estimate of drug-likeness (QED) is 0.790. The summed E-state index contributed by atoms with van der Waals surface area (Å²) in [7, 11) is 0. The Labute approximate surface area is 149 Å². The number of nitrogens with zero attached hydrogens (tertiary/aromatic N) is 2. The topological polar surface area (TPSA) is 15.7 Å². The molecule has 2 aliphatic heterocycles. The van der Waals surface area contributed by atoms with Crippen LogP contribution in [-0.4, -0.2) is 54.7 Å². The number of halogens is 1. The van der Waals surface area contributed by atoms with Gasteiger partial charge in [-0.05, 0) is 63.4 Å². The number of rotatable bonds is 4. The summed E-state index contributed by atoms with van der Waals surface area (Å²) in [5.74, 6) is 0.853. The van der Waals surface area contributed by atoms with Crippen molar-refractivity contribution in [2.75, 3.05) is 32.7 Å². The second kappa shape index (κ2) is 8.11. The summed E-state index contributed by atoms with van der Waals surface area (Å²) in [6.45, 7) is 11.4. The van der Waals surface area contributed by atoms with Crippen molar-refractivity contribution in [2.45, 2.75) is 45.4 Å². The second-order valence-corrected chi connectivity index (χ2v) is 8.24. The highest BCUT2D eigenvalue weighted by Gasteiger charge is 2.26. The third kappa shape index (κ3) is 5.28. The number of morpholine rings is 1. The number of hydrogen-bond acceptors (Lipinski definition) is 3. The molecule has 0 saturated carbocycles. The summed E-state index contributed by atoms with van der Waals surface area (Å²) in [6, 6.07) is 8.70. The normalized spacial score (nSPS) is 28.1. The Hall–Kier alpha value is -0.420. The van der Waals surface area contributed by atoms with Crippen LogP contribution in [-0.2, 0) is 11.3 Å². The van der Waals surface area contributed by atoms with Gasteiger partial charge in [0.15, 0.2) is 0 Å². The van der Waals surface area contributed by atoms with Crippen molar-refractivity contribution in [1.82, 2.24) is 9.80 Å². The van der Waals surface area contributed by atoms with E-state index in [9.17, 15) is 0 Å². The van der Waals surface area contributed by atoms with E-state index in [2.05, 4.69) is 63.8 Å². The molecule has 2 atom stereocenters. The first kappa shape index (κ1) is 17.4. The molecular weight excluding hydrogens is 352 g/mol. The van der Waals surface area contributed by atoms with Crippen molar-refractivity contribution in [3.05, 3.63) is 34.3 Å². The molecule has 1 aromatic carbocycles. The fraction of sp³-hybridized carbons (Fsp3) is 0.684. The number of piperidine rings is 1. The molecule has 2 saturated heterocycles. The average molecular weight is 381 g/mol. The second-order valence-electron chi connectivity index (χ2n) is 7.33. The van der Waals surface area contributed by atoms with Gasteiger partial charge in [0.1, 0.15) is 0 Å². The van der Waals surface area contributed by atoms with Crippen LogP contribution in [0.1, 0.15) is 32.3 Å². The Kier molecular flexibility index (Phi) is 6.13. The minimum atomic E-state index is 0.385. The lowest BCUT2D eigenvalue weighted by Crippen LogP contribution is -2.48. The molecule has 3 rings (SSSR count). The number of likely N-dealkylation sites (tertiary alicyclic amines) is 1. The van der Waals surface area contributed by atoms with Crippen molar-refractivity contribution in [2.24, 2.45) is 5.92 Å². The predicted molar refractivity (Wildman–Crippen MR) is 98.6 cm³/mol. The van der Waals surface area contributed by atoms with Gasteiger partial charge >= 0.3 is 0 Å². The van der Waals surface area contributed by atoms with Crippen molar-refractivity contribution in [1.29, 1.82) is 0 Å². The van der Waals surface area contributed by atoms with Crippen LogP contribution in [0, 0.1) is 5.92 Å². The zero-order valence-corrected chi connectivity index (χ0v) is 16.0. The van der Waals surface area contributed by atoms with Crippen LogP contribution in [0.4, 0.5) is 0 Å². The number of hydrogen-bond donors (Lipinski definition) is 0. The lowest BCUT2D eigenvalue weighted by atomic mass is 9.95. The molecule has 0 bridgehead atoms. The van der Waals surface area contributed by atoms with E-state index >= 15 is 0 Å². The molecule has 2 unspecified atom stereocenters. The van der Waals surface area contributed by atoms with Gasteiger partial charge in [-0.15, -0.1) is 0 Å². The van der Waals surface area contributed by atoms with E-state index in [1.807, 2.05) is 0 Å². The average Bonchev–Trinajstić information content (AvgIpc) is 2.48. The highest BCUT2D eigenvalue weighted by atomic mass is 79.9. The molecule has 1 aromatic rings. The Morgan fingerprint density at radius 1 is 1.09 bits per heavy atom. The first-order valence-electron chi connectivity index (χ1n) is 8.93. The van der Waals surface area contributed by atoms with Gasteiger partial charge < -0.3 is 4.74 Å². The number of ether oxygens (including phenoxy) is 1. The van der Waals surface area contributed by atoms with Gasteiger partial charge in [-0.1, -0.05) is 28.1 Å². The summed E-state index contributed by atoms with van der Waals surface area (Å²) in [6.07, 6.45) is 3.42. The zero-order chi connectivity index (χ0) is 16.2. The van der Waals surface area contributed by atoms with E-state index in [0.29, 0.717) is 12.2 Å². The van der Waals surface area contributed by atoms with Gasteiger partial charge in [0.05, 0.1) is 12.2 Å². The maximum Gasteiger partial charge on any atom is 0.0678 e. The van der Waals surface area contributed by atoms with Crippen molar-refractivity contribution >= 4 is 15.9 Å². The summed E-state index contributed by atoms with van der Waals surface area (Å²) >= 11 is 3.57. The maximum absolute atomic E-state index is 5.84. The minimum absolute atomic E-state index is 0.385. The van der Waals surface area contributed by atoms with Gasteiger partial charge in [-0.2, -0.15) is 0 Å². The Bertz CT molecular complexity index is 492. The largest absolute Gasteiger partial charge is 0.373 e. The molecular formula is C19H29BrN2O. The summed E-state index contributed by atoms with van der Waals surface area (Å²) in [4.78, 5) is 5.22. The standard InChI is InChI=1S/C19H29BrN2O/c1-15-11-22(12-16(2)23-15)13-17-6-8-21(9-7-17)14-18-4-3-5-19(20)10-18/h3-5,10,15-17H,6-9,11-14H2,1-2H3. The molecule has 128 valence electrons. The molecule has 0 amide bonds. The molecule has 3 nitrogen and oxygen atoms in total. The van der Waals surface area contributed by atoms with Crippen LogP contribution in [0.15, 0.2) is 28.7 Å². The van der Waals surface area contributed by atoms with Crippen LogP contribution < -0.4 is 0 Å². The maximum atomic E-state index is 5.84. The first-order valence-corrected chi connectivity index (χ1v) is 9.72. The van der Waals surface area contributed by atoms with Gasteiger partial charge in [-0.3, -0.25) is 9.80 Å². The fourth-order valence-corrected chi connectivity index (χ4v) is 4.47. The van der Waals surface area contributed by atoms with Crippen LogP contribution in [0.2, 0.25) is 0 Å². The van der Waals surface area contributed by atoms with E-state index in [4.69, 9.17) is 4.74 Å². The summed E-state index contributed by atoms with van der Waals surface area (Å²) in [5.41, 5.74) is 1.41. The van der Waals surface area contributed by atoms with Crippen LogP contribution in [0.5, 0.6) is 0 Å².